The van der Waals surface area contributed by atoms with Crippen LogP contribution in [0.25, 0.3) is 6.08 Å². The van der Waals surface area contributed by atoms with E-state index in [0.29, 0.717) is 5.56 Å². The first-order valence-electron chi connectivity index (χ1n) is 6.82. The third-order valence-corrected chi connectivity index (χ3v) is 3.96. The molecule has 2 aromatic rings. The number of carbonyl (C=O) groups is 1. The molecular weight excluding hydrogens is 328 g/mol. The summed E-state index contributed by atoms with van der Waals surface area (Å²) in [6.07, 6.45) is 4.98. The van der Waals surface area contributed by atoms with Crippen molar-refractivity contribution in [3.63, 3.8) is 0 Å². The summed E-state index contributed by atoms with van der Waals surface area (Å²) >= 11 is 3.36. The number of nitrogens with one attached hydrogen (secondary N) is 2. The van der Waals surface area contributed by atoms with Gasteiger partial charge in [0.15, 0.2) is 0 Å². The number of halogens is 1. The molecule has 0 fully saturated rings. The molecule has 21 heavy (non-hydrogen) atoms. The van der Waals surface area contributed by atoms with Gasteiger partial charge in [0.25, 0.3) is 5.91 Å². The molecule has 3 nitrogen and oxygen atoms in total. The van der Waals surface area contributed by atoms with Crippen LogP contribution in [-0.4, -0.2) is 12.5 Å². The maximum atomic E-state index is 12.2. The quantitative estimate of drug-likeness (QED) is 0.870. The maximum absolute atomic E-state index is 12.2. The molecule has 4 heteroatoms. The number of benzene rings is 2. The normalized spacial score (nSPS) is 13.0. The maximum Gasteiger partial charge on any atom is 0.255 e. The SMILES string of the molecule is O=C(Nc1ccc2c(c1)C=CNCC2)c1ccc(Br)cc1. The third kappa shape index (κ3) is 3.34. The lowest BCUT2D eigenvalue weighted by Crippen LogP contribution is -2.12. The van der Waals surface area contributed by atoms with Gasteiger partial charge in [-0.25, -0.2) is 0 Å². The summed E-state index contributed by atoms with van der Waals surface area (Å²) in [5.41, 5.74) is 3.89. The molecule has 0 aliphatic carbocycles. The fourth-order valence-corrected chi connectivity index (χ4v) is 2.56. The number of hydrogen-bond donors (Lipinski definition) is 2. The number of amides is 1. The Hall–Kier alpha value is -2.07. The number of rotatable bonds is 2. The zero-order chi connectivity index (χ0) is 14.7. The van der Waals surface area contributed by atoms with Crippen LogP contribution in [0.1, 0.15) is 21.5 Å². The Morgan fingerprint density at radius 3 is 2.76 bits per heavy atom. The molecule has 1 amide bonds. The summed E-state index contributed by atoms with van der Waals surface area (Å²) in [7, 11) is 0. The minimum Gasteiger partial charge on any atom is -0.391 e. The molecule has 0 saturated heterocycles. The number of hydrogen-bond acceptors (Lipinski definition) is 2. The van der Waals surface area contributed by atoms with Crippen molar-refractivity contribution in [1.29, 1.82) is 0 Å². The van der Waals surface area contributed by atoms with E-state index in [4.69, 9.17) is 0 Å². The number of carbonyl (C=O) groups excluding carboxylic acids is 1. The van der Waals surface area contributed by atoms with E-state index in [0.717, 1.165) is 28.7 Å². The van der Waals surface area contributed by atoms with Crippen molar-refractivity contribution in [3.05, 3.63) is 69.8 Å². The number of anilines is 1. The van der Waals surface area contributed by atoms with Gasteiger partial charge in [0.05, 0.1) is 0 Å². The van der Waals surface area contributed by atoms with Gasteiger partial charge in [-0.3, -0.25) is 4.79 Å². The van der Waals surface area contributed by atoms with Gasteiger partial charge in [0.1, 0.15) is 0 Å². The molecule has 0 radical (unpaired) electrons. The van der Waals surface area contributed by atoms with Crippen LogP contribution in [0.4, 0.5) is 5.69 Å². The Kier molecular flexibility index (Phi) is 4.06. The molecular formula is C17H15BrN2O. The van der Waals surface area contributed by atoms with Crippen molar-refractivity contribution in [2.75, 3.05) is 11.9 Å². The van der Waals surface area contributed by atoms with Crippen molar-refractivity contribution in [3.8, 4) is 0 Å². The minimum atomic E-state index is -0.0989. The van der Waals surface area contributed by atoms with Crippen LogP contribution in [0.3, 0.4) is 0 Å². The first kappa shape index (κ1) is 13.9. The molecule has 0 unspecified atom stereocenters. The van der Waals surface area contributed by atoms with Gasteiger partial charge < -0.3 is 10.6 Å². The largest absolute Gasteiger partial charge is 0.391 e. The molecule has 1 aliphatic rings. The second-order valence-corrected chi connectivity index (χ2v) is 5.83. The first-order valence-corrected chi connectivity index (χ1v) is 7.61. The zero-order valence-electron chi connectivity index (χ0n) is 11.4. The van der Waals surface area contributed by atoms with Gasteiger partial charge in [-0.05, 0) is 66.2 Å². The summed E-state index contributed by atoms with van der Waals surface area (Å²) in [6.45, 7) is 0.939. The Morgan fingerprint density at radius 2 is 1.95 bits per heavy atom. The standard InChI is InChI=1S/C17H15BrN2O/c18-15-4-1-13(2-5-15)17(21)20-16-6-3-12-7-9-19-10-8-14(12)11-16/h1-6,8,10-11,19H,7,9H2,(H,20,21). The van der Waals surface area contributed by atoms with E-state index in [1.54, 1.807) is 12.1 Å². The fraction of sp³-hybridized carbons (Fsp3) is 0.118. The predicted molar refractivity (Wildman–Crippen MR) is 89.3 cm³/mol. The zero-order valence-corrected chi connectivity index (χ0v) is 13.0. The lowest BCUT2D eigenvalue weighted by molar-refractivity contribution is 0.102. The second-order valence-electron chi connectivity index (χ2n) is 4.91. The van der Waals surface area contributed by atoms with E-state index in [-0.39, 0.29) is 5.91 Å². The Labute approximate surface area is 132 Å². The van der Waals surface area contributed by atoms with Gasteiger partial charge in [0, 0.05) is 22.3 Å². The monoisotopic (exact) mass is 342 g/mol. The Morgan fingerprint density at radius 1 is 1.14 bits per heavy atom. The Balaban J connectivity index is 1.80. The van der Waals surface area contributed by atoms with Crippen LogP contribution < -0.4 is 10.6 Å². The van der Waals surface area contributed by atoms with Gasteiger partial charge in [0.2, 0.25) is 0 Å². The highest BCUT2D eigenvalue weighted by Gasteiger charge is 2.08. The van der Waals surface area contributed by atoms with Crippen molar-refractivity contribution in [2.24, 2.45) is 0 Å². The molecule has 0 bridgehead atoms. The van der Waals surface area contributed by atoms with Gasteiger partial charge >= 0.3 is 0 Å². The Bertz CT molecular complexity index is 692. The average Bonchev–Trinajstić information content (AvgIpc) is 2.72. The van der Waals surface area contributed by atoms with E-state index < -0.39 is 0 Å². The summed E-state index contributed by atoms with van der Waals surface area (Å²) in [5, 5.41) is 6.15. The van der Waals surface area contributed by atoms with Crippen LogP contribution >= 0.6 is 15.9 Å². The van der Waals surface area contributed by atoms with Crippen molar-refractivity contribution < 1.29 is 4.79 Å². The van der Waals surface area contributed by atoms with Crippen LogP contribution in [0.5, 0.6) is 0 Å². The molecule has 1 heterocycles. The molecule has 106 valence electrons. The highest BCUT2D eigenvalue weighted by atomic mass is 79.9. The van der Waals surface area contributed by atoms with Crippen molar-refractivity contribution in [2.45, 2.75) is 6.42 Å². The molecule has 0 atom stereocenters. The van der Waals surface area contributed by atoms with E-state index in [1.807, 2.05) is 36.5 Å². The highest BCUT2D eigenvalue weighted by Crippen LogP contribution is 2.20. The average molecular weight is 343 g/mol. The summed E-state index contributed by atoms with van der Waals surface area (Å²) in [6, 6.07) is 13.4. The molecule has 0 spiro atoms. The first-order chi connectivity index (χ1) is 10.2. The number of fused-ring (bicyclic) bond motifs is 1. The lowest BCUT2D eigenvalue weighted by Gasteiger charge is -2.09. The van der Waals surface area contributed by atoms with Crippen molar-refractivity contribution >= 4 is 33.6 Å². The molecule has 0 saturated carbocycles. The van der Waals surface area contributed by atoms with E-state index in [9.17, 15) is 4.79 Å². The van der Waals surface area contributed by atoms with Gasteiger partial charge in [-0.2, -0.15) is 0 Å². The summed E-state index contributed by atoms with van der Waals surface area (Å²) < 4.78 is 0.960. The van der Waals surface area contributed by atoms with Gasteiger partial charge in [-0.15, -0.1) is 0 Å². The minimum absolute atomic E-state index is 0.0989. The van der Waals surface area contributed by atoms with E-state index >= 15 is 0 Å². The smallest absolute Gasteiger partial charge is 0.255 e. The molecule has 2 N–H and O–H groups in total. The van der Waals surface area contributed by atoms with E-state index in [1.165, 1.54) is 5.56 Å². The summed E-state index contributed by atoms with van der Waals surface area (Å²) in [4.78, 5) is 12.2. The van der Waals surface area contributed by atoms with E-state index in [2.05, 4.69) is 32.6 Å². The molecule has 3 rings (SSSR count). The molecule has 1 aliphatic heterocycles. The van der Waals surface area contributed by atoms with Crippen LogP contribution in [0.2, 0.25) is 0 Å². The highest BCUT2D eigenvalue weighted by molar-refractivity contribution is 9.10. The fourth-order valence-electron chi connectivity index (χ4n) is 2.30. The van der Waals surface area contributed by atoms with Crippen LogP contribution in [0.15, 0.2) is 53.1 Å². The topological polar surface area (TPSA) is 41.1 Å². The third-order valence-electron chi connectivity index (χ3n) is 3.43. The van der Waals surface area contributed by atoms with Crippen LogP contribution in [-0.2, 0) is 6.42 Å². The van der Waals surface area contributed by atoms with Crippen molar-refractivity contribution in [1.82, 2.24) is 5.32 Å². The molecule has 0 aromatic heterocycles. The summed E-state index contributed by atoms with van der Waals surface area (Å²) in [5.74, 6) is -0.0989. The van der Waals surface area contributed by atoms with Crippen LogP contribution in [0, 0.1) is 0 Å². The molecule has 2 aromatic carbocycles. The second kappa shape index (κ2) is 6.14. The predicted octanol–water partition coefficient (Wildman–Crippen LogP) is 3.82. The lowest BCUT2D eigenvalue weighted by atomic mass is 10.0. The van der Waals surface area contributed by atoms with Gasteiger partial charge in [-0.1, -0.05) is 22.0 Å².